The van der Waals surface area contributed by atoms with E-state index in [0.717, 1.165) is 27.7 Å². The molecule has 1 atom stereocenters. The van der Waals surface area contributed by atoms with Gasteiger partial charge in [0.15, 0.2) is 0 Å². The van der Waals surface area contributed by atoms with E-state index in [2.05, 4.69) is 30.8 Å². The van der Waals surface area contributed by atoms with Gasteiger partial charge in [-0.25, -0.2) is 0 Å². The molecule has 1 unspecified atom stereocenters. The molecule has 3 heterocycles. The maximum Gasteiger partial charge on any atom is 0.112 e. The topological polar surface area (TPSA) is 38.2 Å². The van der Waals surface area contributed by atoms with E-state index in [1.165, 1.54) is 0 Å². The normalized spacial score (nSPS) is 19.9. The standard InChI is InChI=1S/C13H13BrClN3O/c14-9-5-11-13(17-7-9)12(1-2-16-11)18-3-4-19-8-10(18)6-15/h1-2,5,7,10H,3-4,6,8H2. The Morgan fingerprint density at radius 2 is 2.37 bits per heavy atom. The van der Waals surface area contributed by atoms with Gasteiger partial charge in [0.1, 0.15) is 5.52 Å². The van der Waals surface area contributed by atoms with Gasteiger partial charge < -0.3 is 9.64 Å². The first-order chi connectivity index (χ1) is 9.29. The zero-order chi connectivity index (χ0) is 13.2. The zero-order valence-corrected chi connectivity index (χ0v) is 12.6. The summed E-state index contributed by atoms with van der Waals surface area (Å²) in [6.45, 7) is 2.20. The number of alkyl halides is 1. The maximum atomic E-state index is 6.04. The average molecular weight is 343 g/mol. The van der Waals surface area contributed by atoms with Crippen molar-refractivity contribution in [3.8, 4) is 0 Å². The minimum atomic E-state index is 0.187. The van der Waals surface area contributed by atoms with Crippen molar-refractivity contribution in [3.05, 3.63) is 29.0 Å². The van der Waals surface area contributed by atoms with Crippen LogP contribution in [0.2, 0.25) is 0 Å². The van der Waals surface area contributed by atoms with E-state index in [-0.39, 0.29) is 6.04 Å². The smallest absolute Gasteiger partial charge is 0.112 e. The Morgan fingerprint density at radius 3 is 3.21 bits per heavy atom. The first kappa shape index (κ1) is 13.1. The Balaban J connectivity index is 2.08. The number of morpholine rings is 1. The Morgan fingerprint density at radius 1 is 1.47 bits per heavy atom. The minimum absolute atomic E-state index is 0.187. The van der Waals surface area contributed by atoms with Crippen LogP contribution in [0.4, 0.5) is 5.69 Å². The fourth-order valence-electron chi connectivity index (χ4n) is 2.32. The Hall–Kier alpha value is -0.910. The second-order valence-corrected chi connectivity index (χ2v) is 5.65. The highest BCUT2D eigenvalue weighted by Crippen LogP contribution is 2.28. The summed E-state index contributed by atoms with van der Waals surface area (Å²) in [7, 11) is 0. The molecule has 1 aliphatic heterocycles. The largest absolute Gasteiger partial charge is 0.377 e. The predicted molar refractivity (Wildman–Crippen MR) is 79.9 cm³/mol. The molecule has 1 fully saturated rings. The molecular formula is C13H13BrClN3O. The van der Waals surface area contributed by atoms with E-state index in [1.54, 1.807) is 6.20 Å². The van der Waals surface area contributed by atoms with Crippen LogP contribution in [0, 0.1) is 0 Å². The number of fused-ring (bicyclic) bond motifs is 1. The van der Waals surface area contributed by atoms with Gasteiger partial charge in [0.05, 0.1) is 30.5 Å². The van der Waals surface area contributed by atoms with Crippen LogP contribution in [0.1, 0.15) is 0 Å². The molecule has 2 aromatic rings. The molecule has 0 radical (unpaired) electrons. The Labute approximate surface area is 124 Å². The number of hydrogen-bond acceptors (Lipinski definition) is 4. The quantitative estimate of drug-likeness (QED) is 0.787. The van der Waals surface area contributed by atoms with Gasteiger partial charge in [-0.1, -0.05) is 0 Å². The number of nitrogens with zero attached hydrogens (tertiary/aromatic N) is 3. The Bertz CT molecular complexity index is 595. The van der Waals surface area contributed by atoms with Crippen molar-refractivity contribution in [2.24, 2.45) is 0 Å². The van der Waals surface area contributed by atoms with Crippen LogP contribution < -0.4 is 4.90 Å². The van der Waals surface area contributed by atoms with Crippen LogP contribution in [0.5, 0.6) is 0 Å². The van der Waals surface area contributed by atoms with Crippen molar-refractivity contribution in [1.82, 2.24) is 9.97 Å². The second kappa shape index (κ2) is 5.61. The van der Waals surface area contributed by atoms with Crippen molar-refractivity contribution >= 4 is 44.3 Å². The molecule has 0 bridgehead atoms. The summed E-state index contributed by atoms with van der Waals surface area (Å²) < 4.78 is 6.42. The molecule has 0 spiro atoms. The molecule has 0 aromatic carbocycles. The van der Waals surface area contributed by atoms with Crippen LogP contribution in [0.25, 0.3) is 11.0 Å². The highest BCUT2D eigenvalue weighted by atomic mass is 79.9. The van der Waals surface area contributed by atoms with Gasteiger partial charge in [-0.05, 0) is 28.1 Å². The monoisotopic (exact) mass is 341 g/mol. The zero-order valence-electron chi connectivity index (χ0n) is 10.2. The van der Waals surface area contributed by atoms with Crippen LogP contribution in [0.3, 0.4) is 0 Å². The SMILES string of the molecule is ClCC1COCCN1c1ccnc2cc(Br)cnc12. The van der Waals surface area contributed by atoms with Gasteiger partial charge in [-0.3, -0.25) is 9.97 Å². The number of halogens is 2. The van der Waals surface area contributed by atoms with Crippen LogP contribution >= 0.6 is 27.5 Å². The molecule has 3 rings (SSSR count). The summed E-state index contributed by atoms with van der Waals surface area (Å²) in [6.07, 6.45) is 3.61. The first-order valence-electron chi connectivity index (χ1n) is 6.10. The summed E-state index contributed by atoms with van der Waals surface area (Å²) >= 11 is 9.46. The van der Waals surface area contributed by atoms with Gasteiger partial charge >= 0.3 is 0 Å². The first-order valence-corrected chi connectivity index (χ1v) is 7.43. The van der Waals surface area contributed by atoms with Crippen molar-refractivity contribution in [2.75, 3.05) is 30.5 Å². The van der Waals surface area contributed by atoms with E-state index in [4.69, 9.17) is 16.3 Å². The van der Waals surface area contributed by atoms with E-state index in [9.17, 15) is 0 Å². The summed E-state index contributed by atoms with van der Waals surface area (Å²) in [5.74, 6) is 0.542. The molecule has 19 heavy (non-hydrogen) atoms. The summed E-state index contributed by atoms with van der Waals surface area (Å²) in [5.41, 5.74) is 2.86. The minimum Gasteiger partial charge on any atom is -0.377 e. The highest BCUT2D eigenvalue weighted by molar-refractivity contribution is 9.10. The molecule has 4 nitrogen and oxygen atoms in total. The number of pyridine rings is 2. The number of anilines is 1. The fourth-order valence-corrected chi connectivity index (χ4v) is 2.90. The third kappa shape index (κ3) is 2.55. The average Bonchev–Trinajstić information content (AvgIpc) is 2.46. The third-order valence-electron chi connectivity index (χ3n) is 3.24. The van der Waals surface area contributed by atoms with E-state index < -0.39 is 0 Å². The molecule has 0 aliphatic carbocycles. The molecule has 1 aliphatic rings. The van der Waals surface area contributed by atoms with E-state index in [1.807, 2.05) is 18.3 Å². The number of aromatic nitrogens is 2. The van der Waals surface area contributed by atoms with Crippen molar-refractivity contribution in [2.45, 2.75) is 6.04 Å². The maximum absolute atomic E-state index is 6.04. The summed E-state index contributed by atoms with van der Waals surface area (Å²) in [6, 6.07) is 4.15. The number of rotatable bonds is 2. The molecule has 6 heteroatoms. The van der Waals surface area contributed by atoms with Crippen LogP contribution in [-0.4, -0.2) is 41.6 Å². The predicted octanol–water partition coefficient (Wildman–Crippen LogP) is 2.84. The molecule has 100 valence electrons. The van der Waals surface area contributed by atoms with Crippen LogP contribution in [0.15, 0.2) is 29.0 Å². The third-order valence-corrected chi connectivity index (χ3v) is 4.03. The highest BCUT2D eigenvalue weighted by Gasteiger charge is 2.24. The van der Waals surface area contributed by atoms with Crippen molar-refractivity contribution in [3.63, 3.8) is 0 Å². The van der Waals surface area contributed by atoms with E-state index in [0.29, 0.717) is 19.1 Å². The van der Waals surface area contributed by atoms with Crippen molar-refractivity contribution < 1.29 is 4.74 Å². The summed E-state index contributed by atoms with van der Waals surface area (Å²) in [5, 5.41) is 0. The second-order valence-electron chi connectivity index (χ2n) is 4.43. The van der Waals surface area contributed by atoms with Gasteiger partial charge in [0, 0.05) is 29.3 Å². The molecule has 0 amide bonds. The fraction of sp³-hybridized carbons (Fsp3) is 0.385. The van der Waals surface area contributed by atoms with Crippen LogP contribution in [-0.2, 0) is 4.74 Å². The lowest BCUT2D eigenvalue weighted by Crippen LogP contribution is -2.46. The van der Waals surface area contributed by atoms with Gasteiger partial charge in [0.2, 0.25) is 0 Å². The molecule has 0 saturated carbocycles. The molecule has 2 aromatic heterocycles. The number of ether oxygens (including phenoxy) is 1. The van der Waals surface area contributed by atoms with Gasteiger partial charge in [-0.2, -0.15) is 0 Å². The van der Waals surface area contributed by atoms with Gasteiger partial charge in [0.25, 0.3) is 0 Å². The molecule has 0 N–H and O–H groups in total. The lowest BCUT2D eigenvalue weighted by molar-refractivity contribution is 0.0999. The summed E-state index contributed by atoms with van der Waals surface area (Å²) in [4.78, 5) is 11.1. The Kier molecular flexibility index (Phi) is 3.86. The molecule has 1 saturated heterocycles. The van der Waals surface area contributed by atoms with Crippen molar-refractivity contribution in [1.29, 1.82) is 0 Å². The van der Waals surface area contributed by atoms with E-state index >= 15 is 0 Å². The van der Waals surface area contributed by atoms with Gasteiger partial charge in [-0.15, -0.1) is 11.6 Å². The lowest BCUT2D eigenvalue weighted by atomic mass is 10.2. The number of hydrogen-bond donors (Lipinski definition) is 0. The lowest BCUT2D eigenvalue weighted by Gasteiger charge is -2.36. The molecular weight excluding hydrogens is 330 g/mol.